The largest absolute Gasteiger partial charge is 0.467 e. The Morgan fingerprint density at radius 1 is 1.20 bits per heavy atom. The molecule has 25 heavy (non-hydrogen) atoms. The first-order valence-corrected chi connectivity index (χ1v) is 8.49. The van der Waals surface area contributed by atoms with Crippen molar-refractivity contribution in [3.05, 3.63) is 47.5 Å². The SMILES string of the molecule is COC(=O)[C@H](Cc1cc(F)cc(F)c1)NC(=O)/C=C/C1CCCCC1. The summed E-state index contributed by atoms with van der Waals surface area (Å²) in [5, 5.41) is 2.55. The van der Waals surface area contributed by atoms with E-state index in [-0.39, 0.29) is 12.0 Å². The van der Waals surface area contributed by atoms with E-state index in [1.54, 1.807) is 0 Å². The first kappa shape index (κ1) is 19.1. The second kappa shape index (κ2) is 9.30. The van der Waals surface area contributed by atoms with Crippen LogP contribution in [0.4, 0.5) is 8.78 Å². The minimum absolute atomic E-state index is 0.0512. The van der Waals surface area contributed by atoms with Gasteiger partial charge in [-0.05, 0) is 42.5 Å². The van der Waals surface area contributed by atoms with Gasteiger partial charge in [0.2, 0.25) is 5.91 Å². The van der Waals surface area contributed by atoms with Crippen molar-refractivity contribution in [1.82, 2.24) is 5.32 Å². The highest BCUT2D eigenvalue weighted by molar-refractivity contribution is 5.91. The molecule has 1 atom stereocenters. The molecule has 1 aliphatic carbocycles. The van der Waals surface area contributed by atoms with Gasteiger partial charge in [0.25, 0.3) is 0 Å². The number of carbonyl (C=O) groups is 2. The zero-order valence-corrected chi connectivity index (χ0v) is 14.3. The summed E-state index contributed by atoms with van der Waals surface area (Å²) < 4.78 is 31.3. The second-order valence-corrected chi connectivity index (χ2v) is 6.32. The molecule has 136 valence electrons. The number of carbonyl (C=O) groups excluding carboxylic acids is 2. The van der Waals surface area contributed by atoms with Crippen LogP contribution in [0.3, 0.4) is 0 Å². The molecule has 1 aromatic carbocycles. The van der Waals surface area contributed by atoms with Gasteiger partial charge in [0, 0.05) is 12.5 Å². The summed E-state index contributed by atoms with van der Waals surface area (Å²) in [7, 11) is 1.20. The number of ether oxygens (including phenoxy) is 1. The molecule has 4 nitrogen and oxygen atoms in total. The molecule has 1 aromatic rings. The maximum atomic E-state index is 13.3. The quantitative estimate of drug-likeness (QED) is 0.632. The van der Waals surface area contributed by atoms with Gasteiger partial charge in [-0.3, -0.25) is 4.79 Å². The third-order valence-electron chi connectivity index (χ3n) is 4.33. The molecule has 0 radical (unpaired) electrons. The van der Waals surface area contributed by atoms with Crippen LogP contribution in [0.5, 0.6) is 0 Å². The molecule has 0 saturated heterocycles. The van der Waals surface area contributed by atoms with Crippen LogP contribution in [0.15, 0.2) is 30.4 Å². The number of benzene rings is 1. The number of halogens is 2. The molecular weight excluding hydrogens is 328 g/mol. The predicted molar refractivity (Wildman–Crippen MR) is 89.7 cm³/mol. The van der Waals surface area contributed by atoms with Crippen LogP contribution in [0.25, 0.3) is 0 Å². The first-order valence-electron chi connectivity index (χ1n) is 8.49. The fraction of sp³-hybridized carbons (Fsp3) is 0.474. The number of methoxy groups -OCH3 is 1. The Morgan fingerprint density at radius 3 is 2.44 bits per heavy atom. The van der Waals surface area contributed by atoms with Crippen molar-refractivity contribution in [2.45, 2.75) is 44.6 Å². The Morgan fingerprint density at radius 2 is 1.84 bits per heavy atom. The Bertz CT molecular complexity index is 619. The Balaban J connectivity index is 2.00. The average Bonchev–Trinajstić information content (AvgIpc) is 2.58. The molecule has 1 N–H and O–H groups in total. The molecule has 0 unspecified atom stereocenters. The summed E-state index contributed by atoms with van der Waals surface area (Å²) >= 11 is 0. The van der Waals surface area contributed by atoms with Crippen molar-refractivity contribution >= 4 is 11.9 Å². The molecule has 0 heterocycles. The van der Waals surface area contributed by atoms with Crippen molar-refractivity contribution in [1.29, 1.82) is 0 Å². The molecule has 1 saturated carbocycles. The highest BCUT2D eigenvalue weighted by Crippen LogP contribution is 2.24. The third kappa shape index (κ3) is 6.29. The van der Waals surface area contributed by atoms with Crippen molar-refractivity contribution in [3.8, 4) is 0 Å². The Kier molecular flexibility index (Phi) is 7.10. The predicted octanol–water partition coefficient (Wildman–Crippen LogP) is 3.30. The number of nitrogens with one attached hydrogen (secondary N) is 1. The van der Waals surface area contributed by atoms with Gasteiger partial charge >= 0.3 is 5.97 Å². The first-order chi connectivity index (χ1) is 12.0. The Hall–Kier alpha value is -2.24. The van der Waals surface area contributed by atoms with Gasteiger partial charge in [0.15, 0.2) is 0 Å². The van der Waals surface area contributed by atoms with Crippen LogP contribution < -0.4 is 5.32 Å². The van der Waals surface area contributed by atoms with E-state index in [0.717, 1.165) is 43.9 Å². The number of rotatable bonds is 6. The summed E-state index contributed by atoms with van der Waals surface area (Å²) in [6.45, 7) is 0. The number of allylic oxidation sites excluding steroid dienone is 1. The number of hydrogen-bond acceptors (Lipinski definition) is 3. The summed E-state index contributed by atoms with van der Waals surface area (Å²) in [6, 6.07) is 2.00. The molecule has 2 rings (SSSR count). The molecule has 1 amide bonds. The lowest BCUT2D eigenvalue weighted by molar-refractivity contribution is -0.144. The summed E-state index contributed by atoms with van der Waals surface area (Å²) in [4.78, 5) is 24.0. The second-order valence-electron chi connectivity index (χ2n) is 6.32. The monoisotopic (exact) mass is 351 g/mol. The van der Waals surface area contributed by atoms with Gasteiger partial charge in [-0.1, -0.05) is 25.3 Å². The third-order valence-corrected chi connectivity index (χ3v) is 4.33. The van der Waals surface area contributed by atoms with E-state index in [1.807, 2.05) is 6.08 Å². The van der Waals surface area contributed by atoms with E-state index in [2.05, 4.69) is 10.1 Å². The van der Waals surface area contributed by atoms with E-state index in [9.17, 15) is 18.4 Å². The normalized spacial score (nSPS) is 16.6. The van der Waals surface area contributed by atoms with Gasteiger partial charge in [-0.15, -0.1) is 0 Å². The summed E-state index contributed by atoms with van der Waals surface area (Å²) in [5.41, 5.74) is 0.268. The van der Waals surface area contributed by atoms with Crippen LogP contribution >= 0.6 is 0 Å². The molecule has 6 heteroatoms. The van der Waals surface area contributed by atoms with E-state index in [4.69, 9.17) is 0 Å². The zero-order valence-electron chi connectivity index (χ0n) is 14.3. The minimum atomic E-state index is -1.00. The number of hydrogen-bond donors (Lipinski definition) is 1. The highest BCUT2D eigenvalue weighted by atomic mass is 19.1. The fourth-order valence-electron chi connectivity index (χ4n) is 3.07. The molecular formula is C19H23F2NO3. The van der Waals surface area contributed by atoms with Gasteiger partial charge in [0.1, 0.15) is 17.7 Å². The van der Waals surface area contributed by atoms with Crippen LogP contribution in [-0.2, 0) is 20.7 Å². The van der Waals surface area contributed by atoms with Crippen molar-refractivity contribution in [2.24, 2.45) is 5.92 Å². The molecule has 1 fully saturated rings. The standard InChI is InChI=1S/C19H23F2NO3/c1-25-19(24)17(11-14-9-15(20)12-16(21)10-14)22-18(23)8-7-13-5-3-2-4-6-13/h7-10,12-13,17H,2-6,11H2,1H3,(H,22,23)/b8-7+/t17-/m0/s1. The maximum Gasteiger partial charge on any atom is 0.328 e. The zero-order chi connectivity index (χ0) is 18.2. The lowest BCUT2D eigenvalue weighted by Crippen LogP contribution is -2.42. The minimum Gasteiger partial charge on any atom is -0.467 e. The van der Waals surface area contributed by atoms with E-state index in [0.29, 0.717) is 5.92 Å². The van der Waals surface area contributed by atoms with Crippen LogP contribution in [0.2, 0.25) is 0 Å². The van der Waals surface area contributed by atoms with Gasteiger partial charge < -0.3 is 10.1 Å². The molecule has 0 aromatic heterocycles. The highest BCUT2D eigenvalue weighted by Gasteiger charge is 2.22. The smallest absolute Gasteiger partial charge is 0.328 e. The lowest BCUT2D eigenvalue weighted by atomic mass is 9.89. The maximum absolute atomic E-state index is 13.3. The summed E-state index contributed by atoms with van der Waals surface area (Å²) in [6.07, 6.45) is 8.91. The van der Waals surface area contributed by atoms with Gasteiger partial charge in [0.05, 0.1) is 7.11 Å². The average molecular weight is 351 g/mol. The van der Waals surface area contributed by atoms with E-state index >= 15 is 0 Å². The molecule has 0 bridgehead atoms. The molecule has 1 aliphatic rings. The number of amides is 1. The van der Waals surface area contributed by atoms with E-state index < -0.39 is 29.6 Å². The van der Waals surface area contributed by atoms with Crippen molar-refractivity contribution in [2.75, 3.05) is 7.11 Å². The summed E-state index contributed by atoms with van der Waals surface area (Å²) in [5.74, 6) is -2.17. The van der Waals surface area contributed by atoms with Crippen molar-refractivity contribution < 1.29 is 23.1 Å². The van der Waals surface area contributed by atoms with E-state index in [1.165, 1.54) is 19.6 Å². The van der Waals surface area contributed by atoms with Gasteiger partial charge in [-0.2, -0.15) is 0 Å². The fourth-order valence-corrected chi connectivity index (χ4v) is 3.07. The van der Waals surface area contributed by atoms with Crippen LogP contribution in [-0.4, -0.2) is 25.0 Å². The number of esters is 1. The van der Waals surface area contributed by atoms with Crippen LogP contribution in [0, 0.1) is 17.6 Å². The topological polar surface area (TPSA) is 55.4 Å². The van der Waals surface area contributed by atoms with Gasteiger partial charge in [-0.25, -0.2) is 13.6 Å². The van der Waals surface area contributed by atoms with Crippen molar-refractivity contribution in [3.63, 3.8) is 0 Å². The lowest BCUT2D eigenvalue weighted by Gasteiger charge is -2.18. The molecule has 0 aliphatic heterocycles. The molecule has 0 spiro atoms. The Labute approximate surface area is 146 Å². The van der Waals surface area contributed by atoms with Crippen LogP contribution in [0.1, 0.15) is 37.7 Å².